The van der Waals surface area contributed by atoms with E-state index >= 15 is 0 Å². The van der Waals surface area contributed by atoms with Crippen molar-refractivity contribution >= 4 is 35.1 Å². The standard InChI is InChI=1S/C7H13ClS2/c1-7(3-2-4-8)9-5-6-10-7/h2-6H2,1H3. The van der Waals surface area contributed by atoms with E-state index in [9.17, 15) is 0 Å². The van der Waals surface area contributed by atoms with Crippen LogP contribution in [0.15, 0.2) is 0 Å². The summed E-state index contributed by atoms with van der Waals surface area (Å²) in [6, 6.07) is 0. The van der Waals surface area contributed by atoms with Crippen molar-refractivity contribution < 1.29 is 0 Å². The molecule has 0 spiro atoms. The second-order valence-corrected chi connectivity index (χ2v) is 6.46. The summed E-state index contributed by atoms with van der Waals surface area (Å²) in [5.41, 5.74) is 0. The lowest BCUT2D eigenvalue weighted by Gasteiger charge is -2.20. The molecule has 0 radical (unpaired) electrons. The SMILES string of the molecule is CC1(CCCCl)SCCS1. The molecule has 1 rings (SSSR count). The monoisotopic (exact) mass is 196 g/mol. The Hall–Kier alpha value is 0.990. The largest absolute Gasteiger partial charge is 0.144 e. The second kappa shape index (κ2) is 4.13. The highest BCUT2D eigenvalue weighted by Gasteiger charge is 2.29. The van der Waals surface area contributed by atoms with Gasteiger partial charge in [0.15, 0.2) is 0 Å². The molecule has 1 aliphatic heterocycles. The molecule has 1 aliphatic rings. The van der Waals surface area contributed by atoms with Gasteiger partial charge in [0.2, 0.25) is 0 Å². The third-order valence-electron chi connectivity index (χ3n) is 1.66. The van der Waals surface area contributed by atoms with E-state index in [0.717, 1.165) is 12.3 Å². The first kappa shape index (κ1) is 9.08. The Balaban J connectivity index is 2.22. The fourth-order valence-corrected chi connectivity index (χ4v) is 4.16. The Labute approximate surface area is 76.5 Å². The molecular weight excluding hydrogens is 184 g/mol. The predicted octanol–water partition coefficient (Wildman–Crippen LogP) is 3.20. The molecule has 1 heterocycles. The minimum absolute atomic E-state index is 0.495. The summed E-state index contributed by atoms with van der Waals surface area (Å²) < 4.78 is 0.495. The molecule has 0 aliphatic carbocycles. The van der Waals surface area contributed by atoms with E-state index in [4.69, 9.17) is 11.6 Å². The van der Waals surface area contributed by atoms with Crippen molar-refractivity contribution in [3.05, 3.63) is 0 Å². The third kappa shape index (κ3) is 2.55. The van der Waals surface area contributed by atoms with E-state index in [-0.39, 0.29) is 0 Å². The van der Waals surface area contributed by atoms with Crippen molar-refractivity contribution in [1.29, 1.82) is 0 Å². The Morgan fingerprint density at radius 2 is 2.00 bits per heavy atom. The highest BCUT2D eigenvalue weighted by atomic mass is 35.5. The molecule has 0 atom stereocenters. The van der Waals surface area contributed by atoms with Crippen LogP contribution >= 0.6 is 35.1 Å². The predicted molar refractivity (Wildman–Crippen MR) is 53.3 cm³/mol. The van der Waals surface area contributed by atoms with Gasteiger partial charge in [0.05, 0.1) is 4.08 Å². The van der Waals surface area contributed by atoms with Crippen molar-refractivity contribution in [3.63, 3.8) is 0 Å². The molecule has 0 amide bonds. The lowest BCUT2D eigenvalue weighted by atomic mass is 10.3. The van der Waals surface area contributed by atoms with Gasteiger partial charge in [-0.1, -0.05) is 0 Å². The van der Waals surface area contributed by atoms with E-state index in [0.29, 0.717) is 4.08 Å². The Morgan fingerprint density at radius 1 is 1.40 bits per heavy atom. The summed E-state index contributed by atoms with van der Waals surface area (Å²) in [5, 5.41) is 0. The normalized spacial score (nSPS) is 23.4. The van der Waals surface area contributed by atoms with Crippen molar-refractivity contribution in [3.8, 4) is 0 Å². The zero-order valence-corrected chi connectivity index (χ0v) is 8.62. The van der Waals surface area contributed by atoms with E-state index < -0.39 is 0 Å². The van der Waals surface area contributed by atoms with Crippen LogP contribution < -0.4 is 0 Å². The molecule has 0 aromatic rings. The van der Waals surface area contributed by atoms with Gasteiger partial charge in [-0.05, 0) is 19.8 Å². The van der Waals surface area contributed by atoms with Gasteiger partial charge in [0.1, 0.15) is 0 Å². The number of rotatable bonds is 3. The van der Waals surface area contributed by atoms with Crippen LogP contribution in [0.25, 0.3) is 0 Å². The minimum atomic E-state index is 0.495. The van der Waals surface area contributed by atoms with E-state index in [1.165, 1.54) is 17.9 Å². The van der Waals surface area contributed by atoms with Crippen molar-refractivity contribution in [2.24, 2.45) is 0 Å². The maximum Gasteiger partial charge on any atom is 0.0584 e. The van der Waals surface area contributed by atoms with Crippen LogP contribution in [-0.4, -0.2) is 21.5 Å². The molecule has 0 aromatic heterocycles. The van der Waals surface area contributed by atoms with E-state index in [2.05, 4.69) is 30.4 Å². The summed E-state index contributed by atoms with van der Waals surface area (Å²) >= 11 is 9.80. The van der Waals surface area contributed by atoms with Gasteiger partial charge in [-0.25, -0.2) is 0 Å². The van der Waals surface area contributed by atoms with Crippen LogP contribution in [0, 0.1) is 0 Å². The Bertz CT molecular complexity index is 99.8. The van der Waals surface area contributed by atoms with Crippen molar-refractivity contribution in [2.45, 2.75) is 23.8 Å². The number of alkyl halides is 1. The van der Waals surface area contributed by atoms with Gasteiger partial charge in [-0.3, -0.25) is 0 Å². The zero-order valence-electron chi connectivity index (χ0n) is 6.23. The van der Waals surface area contributed by atoms with Crippen LogP contribution in [0.1, 0.15) is 19.8 Å². The first-order valence-corrected chi connectivity index (χ1v) is 6.11. The van der Waals surface area contributed by atoms with Crippen LogP contribution in [0.3, 0.4) is 0 Å². The smallest absolute Gasteiger partial charge is 0.0584 e. The molecule has 0 nitrogen and oxygen atoms in total. The fourth-order valence-electron chi connectivity index (χ4n) is 1.09. The van der Waals surface area contributed by atoms with E-state index in [1.807, 2.05) is 0 Å². The number of halogens is 1. The molecule has 1 saturated heterocycles. The van der Waals surface area contributed by atoms with E-state index in [1.54, 1.807) is 0 Å². The van der Waals surface area contributed by atoms with Crippen LogP contribution in [0.5, 0.6) is 0 Å². The summed E-state index contributed by atoms with van der Waals surface area (Å²) in [5.74, 6) is 3.46. The molecule has 0 saturated carbocycles. The summed E-state index contributed by atoms with van der Waals surface area (Å²) in [4.78, 5) is 0. The highest BCUT2D eigenvalue weighted by Crippen LogP contribution is 2.46. The molecule has 10 heavy (non-hydrogen) atoms. The van der Waals surface area contributed by atoms with Gasteiger partial charge in [-0.15, -0.1) is 35.1 Å². The number of thioether (sulfide) groups is 2. The molecular formula is C7H13ClS2. The van der Waals surface area contributed by atoms with Gasteiger partial charge >= 0.3 is 0 Å². The average molecular weight is 197 g/mol. The quantitative estimate of drug-likeness (QED) is 0.636. The Kier molecular flexibility index (Phi) is 3.75. The van der Waals surface area contributed by atoms with Crippen LogP contribution in [0.2, 0.25) is 0 Å². The second-order valence-electron chi connectivity index (χ2n) is 2.62. The molecule has 0 bridgehead atoms. The maximum absolute atomic E-state index is 5.62. The average Bonchev–Trinajstić information content (AvgIpc) is 2.33. The topological polar surface area (TPSA) is 0 Å². The zero-order chi connectivity index (χ0) is 7.45. The maximum atomic E-state index is 5.62. The lowest BCUT2D eigenvalue weighted by molar-refractivity contribution is 0.755. The number of hydrogen-bond donors (Lipinski definition) is 0. The third-order valence-corrected chi connectivity index (χ3v) is 5.34. The molecule has 0 unspecified atom stereocenters. The summed E-state index contributed by atoms with van der Waals surface area (Å²) in [7, 11) is 0. The van der Waals surface area contributed by atoms with Crippen molar-refractivity contribution in [2.75, 3.05) is 17.4 Å². The molecule has 0 N–H and O–H groups in total. The lowest BCUT2D eigenvalue weighted by Crippen LogP contribution is -2.10. The summed E-state index contributed by atoms with van der Waals surface area (Å²) in [6.07, 6.45) is 2.43. The van der Waals surface area contributed by atoms with Gasteiger partial charge in [0.25, 0.3) is 0 Å². The molecule has 60 valence electrons. The summed E-state index contributed by atoms with van der Waals surface area (Å²) in [6.45, 7) is 2.34. The first-order chi connectivity index (χ1) is 4.77. The van der Waals surface area contributed by atoms with Gasteiger partial charge < -0.3 is 0 Å². The molecule has 3 heteroatoms. The molecule has 0 aromatic carbocycles. The van der Waals surface area contributed by atoms with Gasteiger partial charge in [0, 0.05) is 17.4 Å². The molecule has 1 fully saturated rings. The van der Waals surface area contributed by atoms with Crippen molar-refractivity contribution in [1.82, 2.24) is 0 Å². The van der Waals surface area contributed by atoms with Gasteiger partial charge in [-0.2, -0.15) is 0 Å². The Morgan fingerprint density at radius 3 is 2.50 bits per heavy atom. The minimum Gasteiger partial charge on any atom is -0.144 e. The fraction of sp³-hybridized carbons (Fsp3) is 1.00. The highest BCUT2D eigenvalue weighted by molar-refractivity contribution is 8.21. The first-order valence-electron chi connectivity index (χ1n) is 3.61. The number of hydrogen-bond acceptors (Lipinski definition) is 2. The van der Waals surface area contributed by atoms with Crippen LogP contribution in [-0.2, 0) is 0 Å². The van der Waals surface area contributed by atoms with Crippen LogP contribution in [0.4, 0.5) is 0 Å².